The van der Waals surface area contributed by atoms with E-state index < -0.39 is 34.4 Å². The van der Waals surface area contributed by atoms with Gasteiger partial charge >= 0.3 is 12.1 Å². The second kappa shape index (κ2) is 13.8. The van der Waals surface area contributed by atoms with Crippen LogP contribution in [-0.4, -0.2) is 39.2 Å². The number of benzene rings is 3. The lowest BCUT2D eigenvalue weighted by Gasteiger charge is -2.33. The van der Waals surface area contributed by atoms with Crippen molar-refractivity contribution in [1.29, 1.82) is 0 Å². The molecule has 4 aromatic rings. The topological polar surface area (TPSA) is 152 Å². The molecule has 2 unspecified atom stereocenters. The van der Waals surface area contributed by atoms with Gasteiger partial charge < -0.3 is 14.2 Å². The number of carbonyl (C=O) groups is 3. The predicted molar refractivity (Wildman–Crippen MR) is 174 cm³/mol. The molecule has 2 heterocycles. The zero-order valence-corrected chi connectivity index (χ0v) is 26.7. The summed E-state index contributed by atoms with van der Waals surface area (Å²) in [5.41, 5.74) is 2.43. The van der Waals surface area contributed by atoms with Gasteiger partial charge in [-0.15, -0.1) is 0 Å². The van der Waals surface area contributed by atoms with E-state index in [0.717, 1.165) is 35.7 Å². The zero-order valence-electron chi connectivity index (χ0n) is 26.7. The molecule has 1 aromatic heterocycles. The molecule has 1 aliphatic heterocycles. The number of Topliss-reactive ketones (excluding diaryl/α,β-unsaturated/α-hetero) is 1. The van der Waals surface area contributed by atoms with Gasteiger partial charge in [0, 0.05) is 23.7 Å². The van der Waals surface area contributed by atoms with E-state index >= 15 is 0 Å². The molecule has 0 radical (unpaired) electrons. The predicted octanol–water partition coefficient (Wildman–Crippen LogP) is 6.68. The summed E-state index contributed by atoms with van der Waals surface area (Å²) in [7, 11) is 0. The first kappa shape index (κ1) is 32.6. The van der Waals surface area contributed by atoms with Gasteiger partial charge in [-0.3, -0.25) is 25.0 Å². The van der Waals surface area contributed by atoms with Crippen molar-refractivity contribution >= 4 is 29.2 Å². The highest BCUT2D eigenvalue weighted by Gasteiger charge is 2.42. The molecule has 12 heteroatoms. The number of hydrogen-bond acceptors (Lipinski definition) is 9. The molecule has 6 rings (SSSR count). The number of nitro groups is 1. The molecule has 1 aliphatic carbocycles. The molecule has 1 saturated heterocycles. The molecule has 0 spiro atoms. The van der Waals surface area contributed by atoms with Crippen LogP contribution >= 0.6 is 0 Å². The minimum absolute atomic E-state index is 0.00324. The number of carbonyl (C=O) groups excluding carboxylic acids is 3. The maximum Gasteiger partial charge on any atom is 0.411 e. The Bertz CT molecular complexity index is 1830. The number of fused-ring (bicyclic) bond motifs is 1. The first-order valence-electron chi connectivity index (χ1n) is 15.8. The Morgan fingerprint density at radius 1 is 1.02 bits per heavy atom. The molecule has 1 N–H and O–H groups in total. The summed E-state index contributed by atoms with van der Waals surface area (Å²) in [6.45, 7) is 4.73. The van der Waals surface area contributed by atoms with E-state index in [1.807, 2.05) is 24.3 Å². The number of aromatic nitrogens is 2. The summed E-state index contributed by atoms with van der Waals surface area (Å²) in [4.78, 5) is 52.6. The normalized spacial score (nSPS) is 16.9. The highest BCUT2D eigenvalue weighted by Crippen LogP contribution is 2.41. The second-order valence-corrected chi connectivity index (χ2v) is 12.8. The van der Waals surface area contributed by atoms with Gasteiger partial charge in [-0.25, -0.2) is 9.48 Å². The molecule has 2 aliphatic rings. The Balaban J connectivity index is 1.34. The summed E-state index contributed by atoms with van der Waals surface area (Å²) in [6, 6.07) is 21.7. The molecule has 2 atom stereocenters. The lowest BCUT2D eigenvalue weighted by Crippen LogP contribution is -2.30. The van der Waals surface area contributed by atoms with E-state index in [-0.39, 0.29) is 41.8 Å². The molecular weight excluding hydrogens is 616 g/mol. The number of rotatable bonds is 11. The van der Waals surface area contributed by atoms with Gasteiger partial charge in [-0.1, -0.05) is 74.5 Å². The maximum atomic E-state index is 14.5. The van der Waals surface area contributed by atoms with Crippen LogP contribution in [0.1, 0.15) is 77.3 Å². The van der Waals surface area contributed by atoms with E-state index in [9.17, 15) is 24.5 Å². The molecule has 12 nitrogen and oxygen atoms in total. The smallest absolute Gasteiger partial charge is 0.411 e. The maximum absolute atomic E-state index is 14.5. The van der Waals surface area contributed by atoms with Crippen molar-refractivity contribution < 1.29 is 33.5 Å². The third-order valence-electron chi connectivity index (χ3n) is 8.72. The number of nitrogens with zero attached hydrogens (tertiary/aromatic N) is 3. The standard InChI is InChI=1S/C36H36N4O8/c1-36(2)17-15-27-29(20-36)39(30-16-18-46-30)38-32(27)33(41)31(34(42)47-21-23-9-5-3-6-10-23)26-14-13-25(19-28(26)40(44)45)37-35(43)48-22-24-11-7-4-8-12-24/h3-14,19,30-31H,15-18,20-22H2,1-2H3,(H,37,43). The summed E-state index contributed by atoms with van der Waals surface area (Å²) < 4.78 is 18.3. The van der Waals surface area contributed by atoms with E-state index in [1.165, 1.54) is 12.1 Å². The van der Waals surface area contributed by atoms with Crippen LogP contribution in [0.5, 0.6) is 0 Å². The Kier molecular flexibility index (Phi) is 9.35. The van der Waals surface area contributed by atoms with Crippen molar-refractivity contribution in [3.8, 4) is 0 Å². The largest absolute Gasteiger partial charge is 0.460 e. The van der Waals surface area contributed by atoms with Gasteiger partial charge in [-0.2, -0.15) is 5.10 Å². The van der Waals surface area contributed by atoms with Gasteiger partial charge in [0.2, 0.25) is 5.78 Å². The lowest BCUT2D eigenvalue weighted by atomic mass is 9.75. The summed E-state index contributed by atoms with van der Waals surface area (Å²) in [5.74, 6) is -3.35. The van der Waals surface area contributed by atoms with E-state index in [4.69, 9.17) is 19.3 Å². The average Bonchev–Trinajstić information content (AvgIpc) is 3.40. The van der Waals surface area contributed by atoms with Crippen molar-refractivity contribution in [2.75, 3.05) is 11.9 Å². The third-order valence-corrected chi connectivity index (χ3v) is 8.72. The van der Waals surface area contributed by atoms with Gasteiger partial charge in [0.1, 0.15) is 18.9 Å². The molecular formula is C36H36N4O8. The molecule has 48 heavy (non-hydrogen) atoms. The number of nitro benzene ring substituents is 1. The Labute approximate surface area is 277 Å². The van der Waals surface area contributed by atoms with Crippen LogP contribution in [-0.2, 0) is 45.1 Å². The summed E-state index contributed by atoms with van der Waals surface area (Å²) in [6.07, 6.45) is 1.60. The monoisotopic (exact) mass is 652 g/mol. The van der Waals surface area contributed by atoms with Crippen LogP contribution in [0.15, 0.2) is 78.9 Å². The number of nitrogens with one attached hydrogen (secondary N) is 1. The van der Waals surface area contributed by atoms with Gasteiger partial charge in [0.05, 0.1) is 22.8 Å². The second-order valence-electron chi connectivity index (χ2n) is 12.8. The molecule has 0 saturated carbocycles. The lowest BCUT2D eigenvalue weighted by molar-refractivity contribution is -0.385. The van der Waals surface area contributed by atoms with Crippen LogP contribution < -0.4 is 5.32 Å². The van der Waals surface area contributed by atoms with Gasteiger partial charge in [0.15, 0.2) is 12.1 Å². The summed E-state index contributed by atoms with van der Waals surface area (Å²) in [5, 5.41) is 19.6. The number of ether oxygens (including phenoxy) is 3. The average molecular weight is 653 g/mol. The van der Waals surface area contributed by atoms with Crippen LogP contribution in [0.2, 0.25) is 0 Å². The highest BCUT2D eigenvalue weighted by molar-refractivity contribution is 6.13. The first-order valence-corrected chi connectivity index (χ1v) is 15.8. The third kappa shape index (κ3) is 7.13. The van der Waals surface area contributed by atoms with Crippen molar-refractivity contribution in [2.45, 2.75) is 64.9 Å². The van der Waals surface area contributed by atoms with E-state index in [1.54, 1.807) is 41.1 Å². The van der Waals surface area contributed by atoms with Crippen LogP contribution in [0.25, 0.3) is 0 Å². The quantitative estimate of drug-likeness (QED) is 0.0615. The van der Waals surface area contributed by atoms with Crippen molar-refractivity contribution in [2.24, 2.45) is 5.41 Å². The Morgan fingerprint density at radius 2 is 1.67 bits per heavy atom. The van der Waals surface area contributed by atoms with E-state index in [0.29, 0.717) is 25.0 Å². The van der Waals surface area contributed by atoms with Crippen LogP contribution in [0, 0.1) is 15.5 Å². The SMILES string of the molecule is CC1(C)CCc2c(C(=O)C(C(=O)OCc3ccccc3)c3ccc(NC(=O)OCc4ccccc4)cc3[N+](=O)[O-])nn(C3CCO3)c2C1. The number of esters is 1. The fourth-order valence-corrected chi connectivity index (χ4v) is 6.04. The first-order chi connectivity index (χ1) is 23.1. The minimum atomic E-state index is -1.70. The summed E-state index contributed by atoms with van der Waals surface area (Å²) >= 11 is 0. The fourth-order valence-electron chi connectivity index (χ4n) is 6.04. The number of ketones is 1. The fraction of sp³-hybridized carbons (Fsp3) is 0.333. The Hall–Kier alpha value is -5.36. The van der Waals surface area contributed by atoms with Crippen LogP contribution in [0.4, 0.5) is 16.2 Å². The van der Waals surface area contributed by atoms with Gasteiger partial charge in [0.25, 0.3) is 5.69 Å². The van der Waals surface area contributed by atoms with Crippen molar-refractivity contribution in [1.82, 2.24) is 9.78 Å². The number of hydrogen-bond donors (Lipinski definition) is 1. The molecule has 1 amide bonds. The highest BCUT2D eigenvalue weighted by atomic mass is 16.6. The molecule has 248 valence electrons. The van der Waals surface area contributed by atoms with Crippen molar-refractivity contribution in [3.05, 3.63) is 123 Å². The molecule has 1 fully saturated rings. The number of amides is 1. The zero-order chi connectivity index (χ0) is 33.8. The Morgan fingerprint density at radius 3 is 2.27 bits per heavy atom. The van der Waals surface area contributed by atoms with E-state index in [2.05, 4.69) is 19.2 Å². The number of anilines is 1. The molecule has 3 aromatic carbocycles. The van der Waals surface area contributed by atoms with Crippen LogP contribution in [0.3, 0.4) is 0 Å². The molecule has 0 bridgehead atoms. The van der Waals surface area contributed by atoms with Gasteiger partial charge in [-0.05, 0) is 47.9 Å². The van der Waals surface area contributed by atoms with Crippen molar-refractivity contribution in [3.63, 3.8) is 0 Å². The minimum Gasteiger partial charge on any atom is -0.460 e.